The molecule has 0 aromatic heterocycles. The van der Waals surface area contributed by atoms with E-state index >= 15 is 0 Å². The van der Waals surface area contributed by atoms with Crippen LogP contribution in [0.3, 0.4) is 0 Å². The highest BCUT2D eigenvalue weighted by atomic mass is 16.2. The monoisotopic (exact) mass is 408 g/mol. The summed E-state index contributed by atoms with van der Waals surface area (Å²) in [4.78, 5) is 24.3. The molecule has 6 nitrogen and oxygen atoms in total. The number of carbonyl (C=O) groups excluding carboxylic acids is 2. The van der Waals surface area contributed by atoms with Crippen molar-refractivity contribution in [2.75, 3.05) is 13.1 Å². The van der Waals surface area contributed by atoms with Gasteiger partial charge in [-0.05, 0) is 24.0 Å². The lowest BCUT2D eigenvalue weighted by Gasteiger charge is -2.34. The number of nitrogens with one attached hydrogen (secondary N) is 2. The number of piperidine rings is 2. The quantitative estimate of drug-likeness (QED) is 0.708. The number of carbonyl (C=O) groups is 2. The van der Waals surface area contributed by atoms with Crippen LogP contribution >= 0.6 is 0 Å². The number of nitrogens with two attached hydrogens (primary N) is 1. The van der Waals surface area contributed by atoms with Crippen molar-refractivity contribution in [2.24, 2.45) is 5.73 Å². The Morgan fingerprint density at radius 1 is 0.767 bits per heavy atom. The summed E-state index contributed by atoms with van der Waals surface area (Å²) in [5.41, 5.74) is 8.11. The number of amides is 2. The summed E-state index contributed by atoms with van der Waals surface area (Å²) in [6.07, 6.45) is 3.00. The van der Waals surface area contributed by atoms with Gasteiger partial charge in [0, 0.05) is 51.1 Å². The van der Waals surface area contributed by atoms with E-state index in [-0.39, 0.29) is 17.9 Å². The molecule has 2 aromatic rings. The van der Waals surface area contributed by atoms with Gasteiger partial charge in [0.2, 0.25) is 11.8 Å². The lowest BCUT2D eigenvalue weighted by molar-refractivity contribution is -0.123. The highest BCUT2D eigenvalue weighted by molar-refractivity contribution is 5.77. The first-order chi connectivity index (χ1) is 14.6. The molecule has 0 radical (unpaired) electrons. The fourth-order valence-corrected chi connectivity index (χ4v) is 3.73. The van der Waals surface area contributed by atoms with Crippen molar-refractivity contribution in [2.45, 2.75) is 50.9 Å². The fourth-order valence-electron chi connectivity index (χ4n) is 3.73. The average molecular weight is 409 g/mol. The van der Waals surface area contributed by atoms with E-state index in [1.54, 1.807) is 0 Å². The topological polar surface area (TPSA) is 87.5 Å². The molecule has 2 aliphatic heterocycles. The van der Waals surface area contributed by atoms with E-state index in [4.69, 9.17) is 5.73 Å². The second kappa shape index (κ2) is 11.5. The van der Waals surface area contributed by atoms with Gasteiger partial charge in [0.25, 0.3) is 0 Å². The fraction of sp³-hybridized carbons (Fsp3) is 0.417. The third kappa shape index (κ3) is 7.28. The summed E-state index contributed by atoms with van der Waals surface area (Å²) in [6.45, 7) is 3.23. The lowest BCUT2D eigenvalue weighted by atomic mass is 10.0. The van der Waals surface area contributed by atoms with Crippen molar-refractivity contribution in [3.8, 4) is 0 Å². The van der Waals surface area contributed by atoms with Crippen molar-refractivity contribution >= 4 is 11.8 Å². The maximum absolute atomic E-state index is 11.4. The van der Waals surface area contributed by atoms with Gasteiger partial charge in [0.05, 0.1) is 0 Å². The number of rotatable bonds is 5. The predicted octanol–water partition coefficient (Wildman–Crippen LogP) is 2.19. The van der Waals surface area contributed by atoms with E-state index < -0.39 is 0 Å². The van der Waals surface area contributed by atoms with Gasteiger partial charge in [-0.3, -0.25) is 14.5 Å². The van der Waals surface area contributed by atoms with Crippen LogP contribution in [0.25, 0.3) is 0 Å². The molecule has 30 heavy (non-hydrogen) atoms. The Labute approximate surface area is 178 Å². The molecule has 0 spiro atoms. The van der Waals surface area contributed by atoms with Crippen LogP contribution in [0, 0.1) is 0 Å². The van der Waals surface area contributed by atoms with Crippen LogP contribution < -0.4 is 16.4 Å². The third-order valence-electron chi connectivity index (χ3n) is 5.52. The molecule has 0 aliphatic carbocycles. The van der Waals surface area contributed by atoms with Crippen LogP contribution in [0.5, 0.6) is 0 Å². The number of nitrogens with zero attached hydrogens (tertiary/aromatic N) is 1. The zero-order valence-electron chi connectivity index (χ0n) is 17.4. The summed E-state index contributed by atoms with van der Waals surface area (Å²) < 4.78 is 0. The Balaban J connectivity index is 0.000000269. The van der Waals surface area contributed by atoms with Crippen molar-refractivity contribution in [3.63, 3.8) is 0 Å². The van der Waals surface area contributed by atoms with E-state index in [1.807, 2.05) is 12.1 Å². The van der Waals surface area contributed by atoms with Crippen LogP contribution in [0.2, 0.25) is 0 Å². The molecule has 160 valence electrons. The van der Waals surface area contributed by atoms with Crippen molar-refractivity contribution < 1.29 is 9.59 Å². The molecule has 2 fully saturated rings. The second-order valence-electron chi connectivity index (χ2n) is 7.98. The van der Waals surface area contributed by atoms with Gasteiger partial charge < -0.3 is 16.4 Å². The zero-order valence-corrected chi connectivity index (χ0v) is 17.4. The van der Waals surface area contributed by atoms with Crippen LogP contribution in [0.4, 0.5) is 0 Å². The minimum absolute atomic E-state index is 0.131. The molecule has 2 heterocycles. The average Bonchev–Trinajstić information content (AvgIpc) is 2.78. The van der Waals surface area contributed by atoms with Crippen molar-refractivity contribution in [3.05, 3.63) is 71.8 Å². The summed E-state index contributed by atoms with van der Waals surface area (Å²) in [5.74, 6) is 0.308. The predicted molar refractivity (Wildman–Crippen MR) is 118 cm³/mol. The molecule has 2 aromatic carbocycles. The van der Waals surface area contributed by atoms with E-state index in [1.165, 1.54) is 11.1 Å². The standard InChI is InChI=1S/C19H22N2O.C5H10N2O/c22-19-12-11-18(13-20-19)21(14-16-7-3-1-4-8-16)15-17-9-5-2-6-10-17;6-4-1-2-5(8)7-3-4/h1-10,18H,11-15H2,(H,20,22);4H,1-3,6H2,(H,7,8)/t18-;4-/m00/s1. The first-order valence-corrected chi connectivity index (χ1v) is 10.7. The summed E-state index contributed by atoms with van der Waals surface area (Å²) in [7, 11) is 0. The van der Waals surface area contributed by atoms with Crippen LogP contribution in [0.1, 0.15) is 36.8 Å². The molecule has 4 rings (SSSR count). The molecular formula is C24H32N4O2. The Kier molecular flexibility index (Phi) is 8.41. The van der Waals surface area contributed by atoms with Crippen LogP contribution in [-0.2, 0) is 22.7 Å². The first-order valence-electron chi connectivity index (χ1n) is 10.7. The maximum Gasteiger partial charge on any atom is 0.220 e. The molecular weight excluding hydrogens is 376 g/mol. The van der Waals surface area contributed by atoms with Gasteiger partial charge in [-0.1, -0.05) is 60.7 Å². The molecule has 0 bridgehead atoms. The summed E-state index contributed by atoms with van der Waals surface area (Å²) in [5, 5.41) is 5.67. The Morgan fingerprint density at radius 2 is 1.27 bits per heavy atom. The molecule has 2 amide bonds. The summed E-state index contributed by atoms with van der Waals surface area (Å²) in [6, 6.07) is 21.7. The van der Waals surface area contributed by atoms with E-state index in [0.717, 1.165) is 32.5 Å². The van der Waals surface area contributed by atoms with E-state index in [9.17, 15) is 9.59 Å². The van der Waals surface area contributed by atoms with Gasteiger partial charge in [0.15, 0.2) is 0 Å². The molecule has 2 saturated heterocycles. The lowest BCUT2D eigenvalue weighted by Crippen LogP contribution is -2.47. The largest absolute Gasteiger partial charge is 0.355 e. The van der Waals surface area contributed by atoms with E-state index in [0.29, 0.717) is 25.4 Å². The second-order valence-corrected chi connectivity index (χ2v) is 7.98. The Hall–Kier alpha value is -2.70. The van der Waals surface area contributed by atoms with Gasteiger partial charge in [-0.25, -0.2) is 0 Å². The van der Waals surface area contributed by atoms with Crippen LogP contribution in [-0.4, -0.2) is 41.9 Å². The van der Waals surface area contributed by atoms with Gasteiger partial charge in [-0.2, -0.15) is 0 Å². The Morgan fingerprint density at radius 3 is 1.67 bits per heavy atom. The molecule has 4 N–H and O–H groups in total. The molecule has 0 saturated carbocycles. The highest BCUT2D eigenvalue weighted by Gasteiger charge is 2.24. The third-order valence-corrected chi connectivity index (χ3v) is 5.52. The summed E-state index contributed by atoms with van der Waals surface area (Å²) >= 11 is 0. The molecule has 6 heteroatoms. The van der Waals surface area contributed by atoms with Crippen molar-refractivity contribution in [1.29, 1.82) is 0 Å². The molecule has 0 unspecified atom stereocenters. The van der Waals surface area contributed by atoms with Gasteiger partial charge in [0.1, 0.15) is 0 Å². The number of hydrogen-bond donors (Lipinski definition) is 3. The zero-order chi connectivity index (χ0) is 21.2. The van der Waals surface area contributed by atoms with Gasteiger partial charge in [-0.15, -0.1) is 0 Å². The highest BCUT2D eigenvalue weighted by Crippen LogP contribution is 2.18. The molecule has 2 atom stereocenters. The molecule has 2 aliphatic rings. The Bertz CT molecular complexity index is 736. The minimum atomic E-state index is 0.131. The van der Waals surface area contributed by atoms with Crippen molar-refractivity contribution in [1.82, 2.24) is 15.5 Å². The van der Waals surface area contributed by atoms with Crippen LogP contribution in [0.15, 0.2) is 60.7 Å². The number of hydrogen-bond acceptors (Lipinski definition) is 4. The van der Waals surface area contributed by atoms with Gasteiger partial charge >= 0.3 is 0 Å². The smallest absolute Gasteiger partial charge is 0.220 e. The maximum atomic E-state index is 11.4. The SMILES string of the molecule is N[C@H]1CCC(=O)NC1.O=C1CC[C@H](N(Cc2ccccc2)Cc2ccccc2)CN1. The normalized spacial score (nSPS) is 21.3. The van der Waals surface area contributed by atoms with E-state index in [2.05, 4.69) is 64.1 Å². The number of benzene rings is 2. The minimum Gasteiger partial charge on any atom is -0.355 e. The first kappa shape index (κ1) is 22.0.